The van der Waals surface area contributed by atoms with E-state index >= 15 is 0 Å². The zero-order valence-electron chi connectivity index (χ0n) is 11.8. The SMILES string of the molecule is CCCc1noc([C@@H]2CCCN(c3ccccn3)C2)n1. The van der Waals surface area contributed by atoms with E-state index in [9.17, 15) is 0 Å². The van der Waals surface area contributed by atoms with Gasteiger partial charge in [-0.1, -0.05) is 18.1 Å². The highest BCUT2D eigenvalue weighted by molar-refractivity contribution is 5.38. The van der Waals surface area contributed by atoms with Gasteiger partial charge in [-0.3, -0.25) is 0 Å². The molecular weight excluding hydrogens is 252 g/mol. The number of hydrogen-bond acceptors (Lipinski definition) is 5. The fourth-order valence-corrected chi connectivity index (χ4v) is 2.69. The van der Waals surface area contributed by atoms with Crippen LogP contribution >= 0.6 is 0 Å². The molecule has 0 aliphatic carbocycles. The number of aromatic nitrogens is 3. The van der Waals surface area contributed by atoms with E-state index in [1.165, 1.54) is 0 Å². The molecule has 0 bridgehead atoms. The van der Waals surface area contributed by atoms with Crippen LogP contribution in [0, 0.1) is 0 Å². The van der Waals surface area contributed by atoms with Gasteiger partial charge in [0, 0.05) is 25.7 Å². The van der Waals surface area contributed by atoms with Crippen LogP contribution < -0.4 is 4.90 Å². The lowest BCUT2D eigenvalue weighted by Gasteiger charge is -2.31. The average Bonchev–Trinajstić information content (AvgIpc) is 2.97. The maximum atomic E-state index is 5.43. The van der Waals surface area contributed by atoms with E-state index in [4.69, 9.17) is 4.52 Å². The Kier molecular flexibility index (Phi) is 3.95. The summed E-state index contributed by atoms with van der Waals surface area (Å²) in [5.74, 6) is 2.97. The van der Waals surface area contributed by atoms with Crippen LogP contribution in [0.4, 0.5) is 5.82 Å². The Labute approximate surface area is 119 Å². The van der Waals surface area contributed by atoms with Crippen LogP contribution in [0.5, 0.6) is 0 Å². The lowest BCUT2D eigenvalue weighted by atomic mass is 9.98. The summed E-state index contributed by atoms with van der Waals surface area (Å²) in [5.41, 5.74) is 0. The van der Waals surface area contributed by atoms with Gasteiger partial charge in [0.05, 0.1) is 5.92 Å². The van der Waals surface area contributed by atoms with E-state index < -0.39 is 0 Å². The first-order chi connectivity index (χ1) is 9.86. The molecule has 2 aromatic rings. The van der Waals surface area contributed by atoms with Crippen molar-refractivity contribution in [3.05, 3.63) is 36.1 Å². The van der Waals surface area contributed by atoms with E-state index in [0.29, 0.717) is 5.92 Å². The van der Waals surface area contributed by atoms with Gasteiger partial charge < -0.3 is 9.42 Å². The second-order valence-electron chi connectivity index (χ2n) is 5.27. The van der Waals surface area contributed by atoms with Gasteiger partial charge in [-0.15, -0.1) is 0 Å². The molecule has 0 radical (unpaired) electrons. The van der Waals surface area contributed by atoms with Gasteiger partial charge in [0.25, 0.3) is 0 Å². The first-order valence-corrected chi connectivity index (χ1v) is 7.35. The minimum absolute atomic E-state index is 0.323. The summed E-state index contributed by atoms with van der Waals surface area (Å²) >= 11 is 0. The Morgan fingerprint density at radius 2 is 2.35 bits per heavy atom. The van der Waals surface area contributed by atoms with Crippen LogP contribution in [-0.2, 0) is 6.42 Å². The van der Waals surface area contributed by atoms with Crippen molar-refractivity contribution < 1.29 is 4.52 Å². The van der Waals surface area contributed by atoms with E-state index in [1.807, 2.05) is 18.3 Å². The summed E-state index contributed by atoms with van der Waals surface area (Å²) in [5, 5.41) is 4.06. The third-order valence-electron chi connectivity index (χ3n) is 3.70. The van der Waals surface area contributed by atoms with E-state index in [2.05, 4.69) is 33.0 Å². The quantitative estimate of drug-likeness (QED) is 0.856. The van der Waals surface area contributed by atoms with Crippen LogP contribution in [0.25, 0.3) is 0 Å². The van der Waals surface area contributed by atoms with Crippen LogP contribution in [0.15, 0.2) is 28.9 Å². The Bertz CT molecular complexity index is 540. The second-order valence-corrected chi connectivity index (χ2v) is 5.27. The first kappa shape index (κ1) is 13.1. The van der Waals surface area contributed by atoms with Crippen molar-refractivity contribution in [1.82, 2.24) is 15.1 Å². The zero-order valence-corrected chi connectivity index (χ0v) is 11.8. The van der Waals surface area contributed by atoms with Crippen LogP contribution in [0.3, 0.4) is 0 Å². The largest absolute Gasteiger partial charge is 0.356 e. The smallest absolute Gasteiger partial charge is 0.231 e. The number of anilines is 1. The van der Waals surface area contributed by atoms with E-state index in [-0.39, 0.29) is 0 Å². The Morgan fingerprint density at radius 1 is 1.40 bits per heavy atom. The minimum atomic E-state index is 0.323. The van der Waals surface area contributed by atoms with Crippen LogP contribution in [0.1, 0.15) is 43.8 Å². The fraction of sp³-hybridized carbons (Fsp3) is 0.533. The van der Waals surface area contributed by atoms with Gasteiger partial charge in [0.15, 0.2) is 5.82 Å². The van der Waals surface area contributed by atoms with Crippen molar-refractivity contribution >= 4 is 5.82 Å². The van der Waals surface area contributed by atoms with Gasteiger partial charge in [-0.05, 0) is 31.4 Å². The van der Waals surface area contributed by atoms with Crippen molar-refractivity contribution in [2.75, 3.05) is 18.0 Å². The van der Waals surface area contributed by atoms with Gasteiger partial charge in [0.1, 0.15) is 5.82 Å². The van der Waals surface area contributed by atoms with Gasteiger partial charge in [0.2, 0.25) is 5.89 Å². The summed E-state index contributed by atoms with van der Waals surface area (Å²) in [4.78, 5) is 11.3. The summed E-state index contributed by atoms with van der Waals surface area (Å²) in [6, 6.07) is 6.02. The highest BCUT2D eigenvalue weighted by Crippen LogP contribution is 2.28. The third kappa shape index (κ3) is 2.81. The Morgan fingerprint density at radius 3 is 3.15 bits per heavy atom. The van der Waals surface area contributed by atoms with Crippen molar-refractivity contribution in [1.29, 1.82) is 0 Å². The highest BCUT2D eigenvalue weighted by atomic mass is 16.5. The summed E-state index contributed by atoms with van der Waals surface area (Å²) in [7, 11) is 0. The first-order valence-electron chi connectivity index (χ1n) is 7.35. The molecular formula is C15H20N4O. The molecule has 106 valence electrons. The molecule has 0 N–H and O–H groups in total. The topological polar surface area (TPSA) is 55.1 Å². The summed E-state index contributed by atoms with van der Waals surface area (Å²) in [6.07, 6.45) is 6.01. The molecule has 0 saturated carbocycles. The molecule has 20 heavy (non-hydrogen) atoms. The Hall–Kier alpha value is -1.91. The molecule has 0 aromatic carbocycles. The van der Waals surface area contributed by atoms with Crippen molar-refractivity contribution in [2.24, 2.45) is 0 Å². The number of rotatable bonds is 4. The Balaban J connectivity index is 1.71. The zero-order chi connectivity index (χ0) is 13.8. The monoisotopic (exact) mass is 272 g/mol. The van der Waals surface area contributed by atoms with E-state index in [0.717, 1.165) is 56.3 Å². The van der Waals surface area contributed by atoms with Crippen molar-refractivity contribution in [2.45, 2.75) is 38.5 Å². The number of pyridine rings is 1. The molecule has 5 nitrogen and oxygen atoms in total. The molecule has 1 fully saturated rings. The van der Waals surface area contributed by atoms with Gasteiger partial charge >= 0.3 is 0 Å². The molecule has 1 aliphatic rings. The summed E-state index contributed by atoms with van der Waals surface area (Å²) < 4.78 is 5.43. The lowest BCUT2D eigenvalue weighted by Crippen LogP contribution is -2.35. The molecule has 1 saturated heterocycles. The molecule has 1 aliphatic heterocycles. The van der Waals surface area contributed by atoms with Gasteiger partial charge in [-0.25, -0.2) is 4.98 Å². The second kappa shape index (κ2) is 6.03. The lowest BCUT2D eigenvalue weighted by molar-refractivity contribution is 0.330. The molecule has 3 heterocycles. The molecule has 1 atom stereocenters. The number of piperidine rings is 1. The third-order valence-corrected chi connectivity index (χ3v) is 3.70. The number of hydrogen-bond donors (Lipinski definition) is 0. The van der Waals surface area contributed by atoms with Gasteiger partial charge in [-0.2, -0.15) is 4.98 Å². The predicted octanol–water partition coefficient (Wildman–Crippen LogP) is 2.80. The highest BCUT2D eigenvalue weighted by Gasteiger charge is 2.26. The molecule has 2 aromatic heterocycles. The summed E-state index contributed by atoms with van der Waals surface area (Å²) in [6.45, 7) is 4.08. The normalized spacial score (nSPS) is 19.2. The average molecular weight is 272 g/mol. The molecule has 0 spiro atoms. The van der Waals surface area contributed by atoms with Crippen LogP contribution in [0.2, 0.25) is 0 Å². The fourth-order valence-electron chi connectivity index (χ4n) is 2.69. The predicted molar refractivity (Wildman–Crippen MR) is 76.7 cm³/mol. The van der Waals surface area contributed by atoms with Crippen LogP contribution in [-0.4, -0.2) is 28.2 Å². The maximum absolute atomic E-state index is 5.43. The minimum Gasteiger partial charge on any atom is -0.356 e. The molecule has 5 heteroatoms. The standard InChI is InChI=1S/C15H20N4O/c1-2-6-13-17-15(20-18-13)12-7-5-10-19(11-12)14-8-3-4-9-16-14/h3-4,8-9,12H,2,5-7,10-11H2,1H3/t12-/m1/s1. The molecule has 3 rings (SSSR count). The van der Waals surface area contributed by atoms with Crippen molar-refractivity contribution in [3.8, 4) is 0 Å². The number of nitrogens with zero attached hydrogens (tertiary/aromatic N) is 4. The maximum Gasteiger partial charge on any atom is 0.231 e. The van der Waals surface area contributed by atoms with Crippen molar-refractivity contribution in [3.63, 3.8) is 0 Å². The number of aryl methyl sites for hydroxylation is 1. The molecule has 0 unspecified atom stereocenters. The van der Waals surface area contributed by atoms with E-state index in [1.54, 1.807) is 0 Å². The molecule has 0 amide bonds.